The molecule has 31 heavy (non-hydrogen) atoms. The number of hydrogen-bond acceptors (Lipinski definition) is 5. The van der Waals surface area contributed by atoms with Gasteiger partial charge in [0.1, 0.15) is 0 Å². The molecule has 1 aromatic carbocycles. The number of rotatable bonds is 5. The maximum atomic E-state index is 12.9. The zero-order valence-corrected chi connectivity index (χ0v) is 19.9. The lowest BCUT2D eigenvalue weighted by atomic mass is 9.71. The van der Waals surface area contributed by atoms with Crippen LogP contribution in [0.4, 0.5) is 0 Å². The van der Waals surface area contributed by atoms with Crippen molar-refractivity contribution in [1.29, 1.82) is 0 Å². The van der Waals surface area contributed by atoms with Crippen molar-refractivity contribution < 1.29 is 9.53 Å². The largest absolute Gasteiger partial charge is 0.378 e. The molecule has 2 aliphatic heterocycles. The summed E-state index contributed by atoms with van der Waals surface area (Å²) in [6, 6.07) is 13.4. The molecule has 2 aromatic rings. The van der Waals surface area contributed by atoms with E-state index in [2.05, 4.69) is 46.2 Å². The second kappa shape index (κ2) is 9.26. The van der Waals surface area contributed by atoms with Crippen LogP contribution in [0, 0.1) is 0 Å². The molecule has 2 atom stereocenters. The van der Waals surface area contributed by atoms with Crippen molar-refractivity contribution in [3.8, 4) is 0 Å². The number of hydrogen-bond donors (Lipinski definition) is 1. The summed E-state index contributed by atoms with van der Waals surface area (Å²) in [5.74, 6) is 2.68. The van der Waals surface area contributed by atoms with Crippen LogP contribution in [0.3, 0.4) is 0 Å². The Morgan fingerprint density at radius 2 is 1.94 bits per heavy atom. The second-order valence-electron chi connectivity index (χ2n) is 9.08. The van der Waals surface area contributed by atoms with E-state index in [1.54, 1.807) is 11.3 Å². The Kier molecular flexibility index (Phi) is 6.42. The fourth-order valence-corrected chi connectivity index (χ4v) is 7.85. The first-order valence-corrected chi connectivity index (χ1v) is 13.5. The highest BCUT2D eigenvalue weighted by Gasteiger charge is 2.54. The first-order valence-electron chi connectivity index (χ1n) is 11.5. The van der Waals surface area contributed by atoms with Crippen molar-refractivity contribution in [1.82, 2.24) is 10.2 Å². The third-order valence-electron chi connectivity index (χ3n) is 7.56. The molecule has 3 aliphatic rings. The summed E-state index contributed by atoms with van der Waals surface area (Å²) in [6.07, 6.45) is 5.27. The Morgan fingerprint density at radius 1 is 1.16 bits per heavy atom. The number of thioether (sulfide) groups is 1. The van der Waals surface area contributed by atoms with Gasteiger partial charge in [-0.25, -0.2) is 0 Å². The Morgan fingerprint density at radius 3 is 2.65 bits per heavy atom. The maximum Gasteiger partial charge on any atom is 0.225 e. The molecule has 4 nitrogen and oxygen atoms in total. The fourth-order valence-electron chi connectivity index (χ4n) is 6.06. The standard InChI is InChI=1S/C25H32N2O2S2/c1-29-24-23(26-22(28)17-19-5-4-14-31-19)20-6-2-3-7-21(20)25(24)10-12-27(13-11-25)18-8-15-30-16-9-18/h2-7,14,18,23-24H,8-13,15-17H2,1H3,(H,26,28)/t23-,24+/m1/s1. The predicted octanol–water partition coefficient (Wildman–Crippen LogP) is 4.41. The molecule has 1 N–H and O–H groups in total. The molecule has 5 rings (SSSR count). The third kappa shape index (κ3) is 4.08. The van der Waals surface area contributed by atoms with Crippen LogP contribution in [0.15, 0.2) is 41.8 Å². The van der Waals surface area contributed by atoms with E-state index in [0.29, 0.717) is 6.42 Å². The molecular weight excluding hydrogens is 424 g/mol. The van der Waals surface area contributed by atoms with Gasteiger partial charge >= 0.3 is 0 Å². The van der Waals surface area contributed by atoms with E-state index in [-0.39, 0.29) is 23.5 Å². The van der Waals surface area contributed by atoms with E-state index in [1.807, 2.05) is 24.6 Å². The monoisotopic (exact) mass is 456 g/mol. The lowest BCUT2D eigenvalue weighted by molar-refractivity contribution is -0.122. The maximum absolute atomic E-state index is 12.9. The fraction of sp³-hybridized carbons (Fsp3) is 0.560. The SMILES string of the molecule is CO[C@H]1[C@H](NC(=O)Cc2cccs2)c2ccccc2C12CCN(C1CCSCC1)CC2. The molecule has 1 aliphatic carbocycles. The minimum absolute atomic E-state index is 0.00780. The van der Waals surface area contributed by atoms with E-state index in [9.17, 15) is 4.79 Å². The summed E-state index contributed by atoms with van der Waals surface area (Å²) < 4.78 is 6.18. The number of carbonyl (C=O) groups is 1. The van der Waals surface area contributed by atoms with Crippen LogP contribution in [0.25, 0.3) is 0 Å². The molecule has 6 heteroatoms. The first-order chi connectivity index (χ1) is 15.2. The van der Waals surface area contributed by atoms with E-state index >= 15 is 0 Å². The van der Waals surface area contributed by atoms with Gasteiger partial charge in [-0.1, -0.05) is 30.3 Å². The minimum atomic E-state index is -0.0775. The number of likely N-dealkylation sites (tertiary alicyclic amines) is 1. The van der Waals surface area contributed by atoms with Crippen molar-refractivity contribution in [3.05, 3.63) is 57.8 Å². The summed E-state index contributed by atoms with van der Waals surface area (Å²) in [5, 5.41) is 5.37. The van der Waals surface area contributed by atoms with Gasteiger partial charge in [0, 0.05) is 23.4 Å². The van der Waals surface area contributed by atoms with Gasteiger partial charge in [-0.3, -0.25) is 4.79 Å². The number of carbonyl (C=O) groups excluding carboxylic acids is 1. The number of nitrogens with one attached hydrogen (secondary N) is 1. The normalized spacial score (nSPS) is 26.1. The van der Waals surface area contributed by atoms with Gasteiger partial charge < -0.3 is 15.0 Å². The van der Waals surface area contributed by atoms with Gasteiger partial charge in [0.2, 0.25) is 5.91 Å². The molecule has 0 radical (unpaired) electrons. The number of thiophene rings is 1. The number of fused-ring (bicyclic) bond motifs is 2. The van der Waals surface area contributed by atoms with Gasteiger partial charge in [-0.2, -0.15) is 11.8 Å². The Bertz CT molecular complexity index is 887. The summed E-state index contributed by atoms with van der Waals surface area (Å²) in [7, 11) is 1.82. The summed E-state index contributed by atoms with van der Waals surface area (Å²) >= 11 is 3.73. The van der Waals surface area contributed by atoms with Crippen molar-refractivity contribution in [2.45, 2.75) is 55.7 Å². The average Bonchev–Trinajstić information content (AvgIpc) is 3.40. The van der Waals surface area contributed by atoms with Crippen molar-refractivity contribution in [2.24, 2.45) is 0 Å². The zero-order valence-electron chi connectivity index (χ0n) is 18.2. The molecular formula is C25H32N2O2S2. The molecule has 2 saturated heterocycles. The lowest BCUT2D eigenvalue weighted by Crippen LogP contribution is -2.53. The molecule has 1 spiro atoms. The van der Waals surface area contributed by atoms with Crippen molar-refractivity contribution >= 4 is 29.0 Å². The van der Waals surface area contributed by atoms with Crippen LogP contribution in [0.2, 0.25) is 0 Å². The molecule has 2 fully saturated rings. The Hall–Kier alpha value is -1.34. The number of piperidine rings is 1. The van der Waals surface area contributed by atoms with Crippen LogP contribution in [0.5, 0.6) is 0 Å². The van der Waals surface area contributed by atoms with E-state index in [0.717, 1.165) is 36.9 Å². The Labute approximate surface area is 193 Å². The molecule has 1 amide bonds. The molecule has 0 saturated carbocycles. The number of methoxy groups -OCH3 is 1. The topological polar surface area (TPSA) is 41.6 Å². The first kappa shape index (κ1) is 21.5. The van der Waals surface area contributed by atoms with Crippen LogP contribution < -0.4 is 5.32 Å². The van der Waals surface area contributed by atoms with Gasteiger partial charge in [-0.15, -0.1) is 11.3 Å². The molecule has 0 unspecified atom stereocenters. The third-order valence-corrected chi connectivity index (χ3v) is 9.49. The summed E-state index contributed by atoms with van der Waals surface area (Å²) in [6.45, 7) is 2.25. The minimum Gasteiger partial charge on any atom is -0.378 e. The van der Waals surface area contributed by atoms with Crippen LogP contribution in [0.1, 0.15) is 47.7 Å². The van der Waals surface area contributed by atoms with Crippen molar-refractivity contribution in [3.63, 3.8) is 0 Å². The highest BCUT2D eigenvalue weighted by molar-refractivity contribution is 7.99. The van der Waals surface area contributed by atoms with Gasteiger partial charge in [-0.05, 0) is 72.9 Å². The molecule has 1 aromatic heterocycles. The molecule has 166 valence electrons. The molecule has 0 bridgehead atoms. The second-order valence-corrected chi connectivity index (χ2v) is 11.3. The quantitative estimate of drug-likeness (QED) is 0.724. The van der Waals surface area contributed by atoms with E-state index < -0.39 is 0 Å². The number of benzene rings is 1. The average molecular weight is 457 g/mol. The van der Waals surface area contributed by atoms with Crippen LogP contribution in [-0.2, 0) is 21.4 Å². The van der Waals surface area contributed by atoms with Crippen LogP contribution >= 0.6 is 23.1 Å². The lowest BCUT2D eigenvalue weighted by Gasteiger charge is -2.46. The zero-order chi connectivity index (χ0) is 21.3. The van der Waals surface area contributed by atoms with Gasteiger partial charge in [0.15, 0.2) is 0 Å². The highest BCUT2D eigenvalue weighted by atomic mass is 32.2. The van der Waals surface area contributed by atoms with Crippen LogP contribution in [-0.4, -0.2) is 54.7 Å². The predicted molar refractivity (Wildman–Crippen MR) is 129 cm³/mol. The summed E-state index contributed by atoms with van der Waals surface area (Å²) in [5.41, 5.74) is 2.63. The number of ether oxygens (including phenoxy) is 1. The smallest absolute Gasteiger partial charge is 0.225 e. The van der Waals surface area contributed by atoms with Gasteiger partial charge in [0.25, 0.3) is 0 Å². The van der Waals surface area contributed by atoms with E-state index in [1.165, 1.54) is 35.5 Å². The molecule has 3 heterocycles. The number of amides is 1. The number of nitrogens with zero attached hydrogens (tertiary/aromatic N) is 1. The van der Waals surface area contributed by atoms with Crippen molar-refractivity contribution in [2.75, 3.05) is 31.7 Å². The van der Waals surface area contributed by atoms with Gasteiger partial charge in [0.05, 0.1) is 18.6 Å². The van der Waals surface area contributed by atoms with E-state index in [4.69, 9.17) is 4.74 Å². The Balaban J connectivity index is 1.36. The summed E-state index contributed by atoms with van der Waals surface area (Å²) in [4.78, 5) is 16.7. The highest BCUT2D eigenvalue weighted by Crippen LogP contribution is 2.52.